The highest BCUT2D eigenvalue weighted by Gasteiger charge is 2.32. The van der Waals surface area contributed by atoms with Gasteiger partial charge in [-0.25, -0.2) is 9.40 Å². The maximum atomic E-state index is 14.7. The Balaban J connectivity index is 1.54. The molecule has 2 heterocycles. The average Bonchev–Trinajstić information content (AvgIpc) is 3.30. The van der Waals surface area contributed by atoms with Crippen molar-refractivity contribution in [1.82, 2.24) is 10.2 Å². The number of rotatable bonds is 5. The second kappa shape index (κ2) is 8.59. The first-order valence-electron chi connectivity index (χ1n) is 10.4. The lowest BCUT2D eigenvalue weighted by atomic mass is 9.98. The third-order valence-corrected chi connectivity index (χ3v) is 5.53. The zero-order valence-corrected chi connectivity index (χ0v) is 17.5. The van der Waals surface area contributed by atoms with Crippen molar-refractivity contribution in [2.24, 2.45) is 5.10 Å². The van der Waals surface area contributed by atoms with Crippen molar-refractivity contribution >= 4 is 11.5 Å². The monoisotopic (exact) mass is 424 g/mol. The smallest absolute Gasteiger partial charge is 0.172 e. The van der Waals surface area contributed by atoms with Crippen LogP contribution < -0.4 is 9.75 Å². The number of anilines is 1. The Bertz CT molecular complexity index is 1260. The van der Waals surface area contributed by atoms with Crippen LogP contribution in [-0.2, 0) is 0 Å². The molecule has 1 unspecified atom stereocenters. The predicted octanol–water partition coefficient (Wildman–Crippen LogP) is 5.65. The molecule has 32 heavy (non-hydrogen) atoms. The molecule has 4 aromatic rings. The molecule has 3 aromatic carbocycles. The number of hydrogen-bond acceptors (Lipinski definition) is 5. The van der Waals surface area contributed by atoms with E-state index >= 15 is 0 Å². The molecule has 6 heteroatoms. The first kappa shape index (κ1) is 19.9. The number of benzene rings is 3. The van der Waals surface area contributed by atoms with Crippen LogP contribution >= 0.6 is 0 Å². The Labute approximate surface area is 185 Å². The van der Waals surface area contributed by atoms with Crippen molar-refractivity contribution in [2.75, 3.05) is 12.1 Å². The van der Waals surface area contributed by atoms with Crippen molar-refractivity contribution in [3.05, 3.63) is 108 Å². The van der Waals surface area contributed by atoms with Gasteiger partial charge in [0, 0.05) is 23.1 Å². The van der Waals surface area contributed by atoms with Gasteiger partial charge >= 0.3 is 0 Å². The molecule has 0 radical (unpaired) electrons. The second-order valence-corrected chi connectivity index (χ2v) is 7.51. The summed E-state index contributed by atoms with van der Waals surface area (Å²) in [5.74, 6) is 1.05. The number of nitrogens with zero attached hydrogens (tertiary/aromatic N) is 4. The van der Waals surface area contributed by atoms with Gasteiger partial charge in [-0.3, -0.25) is 0 Å². The van der Waals surface area contributed by atoms with Gasteiger partial charge in [0.05, 0.1) is 24.6 Å². The second-order valence-electron chi connectivity index (χ2n) is 7.51. The van der Waals surface area contributed by atoms with Gasteiger partial charge in [0.2, 0.25) is 0 Å². The summed E-state index contributed by atoms with van der Waals surface area (Å²) in [5.41, 5.74) is 4.10. The Morgan fingerprint density at radius 2 is 1.62 bits per heavy atom. The fourth-order valence-corrected chi connectivity index (χ4v) is 3.90. The molecule has 5 nitrogen and oxygen atoms in total. The van der Waals surface area contributed by atoms with Crippen molar-refractivity contribution in [2.45, 2.75) is 12.5 Å². The molecule has 0 fully saturated rings. The summed E-state index contributed by atoms with van der Waals surface area (Å²) in [4.78, 5) is 0. The molecule has 0 aliphatic carbocycles. The summed E-state index contributed by atoms with van der Waals surface area (Å²) in [6, 6.07) is 27.8. The minimum absolute atomic E-state index is 0.265. The molecule has 0 saturated heterocycles. The van der Waals surface area contributed by atoms with Crippen LogP contribution in [0.4, 0.5) is 10.2 Å². The van der Waals surface area contributed by atoms with Gasteiger partial charge in [0.1, 0.15) is 11.6 Å². The molecule has 1 aliphatic rings. The molecule has 0 N–H and O–H groups in total. The van der Waals surface area contributed by atoms with E-state index in [9.17, 15) is 4.39 Å². The fourth-order valence-electron chi connectivity index (χ4n) is 3.90. The first-order valence-corrected chi connectivity index (χ1v) is 10.4. The van der Waals surface area contributed by atoms with Gasteiger partial charge in [-0.2, -0.15) is 5.10 Å². The number of halogens is 1. The molecule has 0 amide bonds. The summed E-state index contributed by atoms with van der Waals surface area (Å²) in [6.07, 6.45) is 0.538. The third-order valence-electron chi connectivity index (χ3n) is 5.53. The Hall–Kier alpha value is -4.06. The summed E-state index contributed by atoms with van der Waals surface area (Å²) >= 11 is 0. The van der Waals surface area contributed by atoms with Crippen LogP contribution in [0.25, 0.3) is 11.3 Å². The van der Waals surface area contributed by atoms with Gasteiger partial charge in [-0.15, -0.1) is 10.2 Å². The summed E-state index contributed by atoms with van der Waals surface area (Å²) in [6.45, 7) is 0. The highest BCUT2D eigenvalue weighted by molar-refractivity contribution is 6.03. The van der Waals surface area contributed by atoms with Crippen LogP contribution in [-0.4, -0.2) is 23.0 Å². The summed E-state index contributed by atoms with van der Waals surface area (Å²) in [5, 5.41) is 15.4. The molecule has 0 bridgehead atoms. The van der Waals surface area contributed by atoms with Gasteiger partial charge in [0.15, 0.2) is 5.82 Å². The van der Waals surface area contributed by atoms with Crippen LogP contribution in [0.3, 0.4) is 0 Å². The highest BCUT2D eigenvalue weighted by atomic mass is 19.1. The lowest BCUT2D eigenvalue weighted by Crippen LogP contribution is -2.21. The number of hydrazone groups is 1. The van der Waals surface area contributed by atoms with E-state index in [2.05, 4.69) is 10.2 Å². The maximum absolute atomic E-state index is 14.7. The number of aromatic nitrogens is 2. The summed E-state index contributed by atoms with van der Waals surface area (Å²) < 4.78 is 20.1. The zero-order valence-electron chi connectivity index (χ0n) is 17.5. The van der Waals surface area contributed by atoms with E-state index in [1.54, 1.807) is 24.3 Å². The summed E-state index contributed by atoms with van der Waals surface area (Å²) in [7, 11) is 1.63. The Morgan fingerprint density at radius 3 is 2.38 bits per heavy atom. The van der Waals surface area contributed by atoms with Gasteiger partial charge in [-0.05, 0) is 30.3 Å². The van der Waals surface area contributed by atoms with Crippen molar-refractivity contribution in [3.8, 4) is 17.0 Å². The minimum atomic E-state index is -0.325. The minimum Gasteiger partial charge on any atom is -0.497 e. The van der Waals surface area contributed by atoms with Crippen molar-refractivity contribution in [1.29, 1.82) is 0 Å². The van der Waals surface area contributed by atoms with Crippen LogP contribution in [0, 0.1) is 5.82 Å². The SMILES string of the molecule is COc1cccc(C2=NN(c3ccc(-c4ccccc4)nn3)C(c3ccccc3F)C2)c1. The van der Waals surface area contributed by atoms with Crippen molar-refractivity contribution < 1.29 is 9.13 Å². The quantitative estimate of drug-likeness (QED) is 0.416. The van der Waals surface area contributed by atoms with E-state index in [0.717, 1.165) is 28.3 Å². The lowest BCUT2D eigenvalue weighted by Gasteiger charge is -2.22. The molecule has 5 rings (SSSR count). The molecular weight excluding hydrogens is 403 g/mol. The van der Waals surface area contributed by atoms with Crippen LogP contribution in [0.15, 0.2) is 96.1 Å². The molecule has 158 valence electrons. The molecule has 0 spiro atoms. The first-order chi connectivity index (χ1) is 15.7. The van der Waals surface area contributed by atoms with E-state index in [0.29, 0.717) is 17.8 Å². The van der Waals surface area contributed by atoms with Crippen LogP contribution in [0.1, 0.15) is 23.6 Å². The van der Waals surface area contributed by atoms with Crippen LogP contribution in [0.5, 0.6) is 5.75 Å². The van der Waals surface area contributed by atoms with E-state index in [1.807, 2.05) is 72.8 Å². The fraction of sp³-hybridized carbons (Fsp3) is 0.115. The number of ether oxygens (including phenoxy) is 1. The molecule has 1 aromatic heterocycles. The van der Waals surface area contributed by atoms with E-state index in [1.165, 1.54) is 6.07 Å². The number of hydrogen-bond donors (Lipinski definition) is 0. The largest absolute Gasteiger partial charge is 0.497 e. The maximum Gasteiger partial charge on any atom is 0.172 e. The van der Waals surface area contributed by atoms with Gasteiger partial charge < -0.3 is 4.74 Å². The van der Waals surface area contributed by atoms with E-state index in [4.69, 9.17) is 9.84 Å². The highest BCUT2D eigenvalue weighted by Crippen LogP contribution is 2.37. The van der Waals surface area contributed by atoms with E-state index in [-0.39, 0.29) is 11.9 Å². The molecule has 1 atom stereocenters. The van der Waals surface area contributed by atoms with Gasteiger partial charge in [0.25, 0.3) is 0 Å². The standard InChI is InChI=1S/C26H21FN4O/c1-32-20-11-7-10-19(16-20)24-17-25(21-12-5-6-13-22(21)27)31(30-24)26-15-14-23(28-29-26)18-8-3-2-4-9-18/h2-16,25H,17H2,1H3. The molecule has 0 saturated carbocycles. The Morgan fingerprint density at radius 1 is 0.844 bits per heavy atom. The Kier molecular flexibility index (Phi) is 5.34. The van der Waals surface area contributed by atoms with Crippen molar-refractivity contribution in [3.63, 3.8) is 0 Å². The van der Waals surface area contributed by atoms with Gasteiger partial charge in [-0.1, -0.05) is 60.7 Å². The normalized spacial score (nSPS) is 15.5. The lowest BCUT2D eigenvalue weighted by molar-refractivity contribution is 0.414. The molecular formula is C26H21FN4O. The zero-order chi connectivity index (χ0) is 21.9. The van der Waals surface area contributed by atoms with E-state index < -0.39 is 0 Å². The topological polar surface area (TPSA) is 50.6 Å². The predicted molar refractivity (Wildman–Crippen MR) is 123 cm³/mol. The molecule has 1 aliphatic heterocycles. The third kappa shape index (κ3) is 3.83. The average molecular weight is 424 g/mol. The van der Waals surface area contributed by atoms with Crippen LogP contribution in [0.2, 0.25) is 0 Å². The number of methoxy groups -OCH3 is 1.